The van der Waals surface area contributed by atoms with Gasteiger partial charge in [0.2, 0.25) is 0 Å². The van der Waals surface area contributed by atoms with Crippen molar-refractivity contribution in [2.45, 2.75) is 94.0 Å². The van der Waals surface area contributed by atoms with Gasteiger partial charge in [0, 0.05) is 16.4 Å². The second-order valence-corrected chi connectivity index (χ2v) is 15.0. The third-order valence-electron chi connectivity index (χ3n) is 11.5. The first-order chi connectivity index (χ1) is 18.2. The minimum atomic E-state index is 0.150. The minimum Gasteiger partial charge on any atom is -0.198 e. The van der Waals surface area contributed by atoms with Crippen LogP contribution in [0.15, 0.2) is 59.8 Å². The number of hydrogen-bond acceptors (Lipinski definition) is 2. The summed E-state index contributed by atoms with van der Waals surface area (Å²) in [6, 6.07) is 2.50. The summed E-state index contributed by atoms with van der Waals surface area (Å²) >= 11 is 2.38. The zero-order valence-electron chi connectivity index (χ0n) is 22.5. The number of rotatable bonds is 3. The summed E-state index contributed by atoms with van der Waals surface area (Å²) in [6.07, 6.45) is 37.8. The van der Waals surface area contributed by atoms with Crippen LogP contribution in [0.5, 0.6) is 0 Å². The molecule has 7 rings (SSSR count). The molecule has 1 nitrogen and oxygen atoms in total. The maximum absolute atomic E-state index is 9.43. The van der Waals surface area contributed by atoms with Crippen molar-refractivity contribution in [3.05, 3.63) is 59.8 Å². The number of allylic oxidation sites excluding steroid dienone is 9. The van der Waals surface area contributed by atoms with E-state index in [1.807, 2.05) is 5.57 Å². The van der Waals surface area contributed by atoms with Crippen molar-refractivity contribution in [2.24, 2.45) is 53.3 Å². The first-order valence-corrected chi connectivity index (χ1v) is 16.7. The molecule has 0 aromatic heterocycles. The highest BCUT2D eigenvalue weighted by Crippen LogP contribution is 2.56. The maximum Gasteiger partial charge on any atom is 0.0697 e. The first-order valence-electron chi connectivity index (χ1n) is 15.7. The first kappa shape index (κ1) is 24.6. The van der Waals surface area contributed by atoms with E-state index in [0.29, 0.717) is 11.8 Å². The molecular weight excluding hydrogens is 466 g/mol. The predicted octanol–water partition coefficient (Wildman–Crippen LogP) is 9.21. The molecule has 7 aliphatic rings. The highest BCUT2D eigenvalue weighted by atomic mass is 32.2. The highest BCUT2D eigenvalue weighted by Gasteiger charge is 2.45. The molecule has 0 aromatic carbocycles. The van der Waals surface area contributed by atoms with E-state index in [4.69, 9.17) is 0 Å². The van der Waals surface area contributed by atoms with Crippen LogP contribution in [-0.4, -0.2) is 10.5 Å². The maximum atomic E-state index is 9.43. The molecule has 11 atom stereocenters. The standard InChI is InChI=1S/C35H45NS/c36-22-23-9-11-25(12-10-23)29-18-30(27-14-13-24-5-1-2-6-26(24)17-27)20-31(19-29)28-15-16-33-32-7-3-4-8-34(32)37-35(33)21-28/h1,5,9,11,13-14,16-17,23-26,28-32,34-35H,2-4,6-8,10,12,15,18-21H2. The second kappa shape index (κ2) is 10.6. The zero-order chi connectivity index (χ0) is 24.8. The van der Waals surface area contributed by atoms with Gasteiger partial charge in [-0.2, -0.15) is 17.0 Å². The average molecular weight is 512 g/mol. The molecule has 1 saturated heterocycles. The third kappa shape index (κ3) is 4.88. The average Bonchev–Trinajstić information content (AvgIpc) is 3.34. The fourth-order valence-electron chi connectivity index (χ4n) is 9.52. The van der Waals surface area contributed by atoms with Gasteiger partial charge in [0.1, 0.15) is 0 Å². The molecule has 6 aliphatic carbocycles. The van der Waals surface area contributed by atoms with Crippen LogP contribution in [0.4, 0.5) is 0 Å². The van der Waals surface area contributed by atoms with Gasteiger partial charge in [-0.1, -0.05) is 67.0 Å². The largest absolute Gasteiger partial charge is 0.198 e. The van der Waals surface area contributed by atoms with Gasteiger partial charge >= 0.3 is 0 Å². The molecule has 2 heteroatoms. The molecule has 0 amide bonds. The van der Waals surface area contributed by atoms with Gasteiger partial charge in [-0.3, -0.25) is 0 Å². The van der Waals surface area contributed by atoms with Gasteiger partial charge in [-0.15, -0.1) is 0 Å². The van der Waals surface area contributed by atoms with E-state index in [-0.39, 0.29) is 5.92 Å². The van der Waals surface area contributed by atoms with Crippen LogP contribution in [0.1, 0.15) is 83.5 Å². The molecular formula is C35H45NS. The number of thioether (sulfide) groups is 1. The van der Waals surface area contributed by atoms with E-state index in [1.165, 1.54) is 77.0 Å². The smallest absolute Gasteiger partial charge is 0.0697 e. The molecule has 1 heterocycles. The summed E-state index contributed by atoms with van der Waals surface area (Å²) < 4.78 is 0. The van der Waals surface area contributed by atoms with Gasteiger partial charge in [0.15, 0.2) is 0 Å². The van der Waals surface area contributed by atoms with Crippen molar-refractivity contribution in [1.82, 2.24) is 0 Å². The van der Waals surface area contributed by atoms with Crippen molar-refractivity contribution in [3.63, 3.8) is 0 Å². The Morgan fingerprint density at radius 1 is 0.811 bits per heavy atom. The summed E-state index contributed by atoms with van der Waals surface area (Å²) in [5, 5.41) is 11.2. The van der Waals surface area contributed by atoms with E-state index in [2.05, 4.69) is 66.4 Å². The van der Waals surface area contributed by atoms with E-state index in [9.17, 15) is 5.26 Å². The summed E-state index contributed by atoms with van der Waals surface area (Å²) in [5.41, 5.74) is 3.55. The lowest BCUT2D eigenvalue weighted by Crippen LogP contribution is -2.35. The number of nitriles is 1. The molecule has 196 valence electrons. The Bertz CT molecular complexity index is 1050. The van der Waals surface area contributed by atoms with Crippen molar-refractivity contribution in [3.8, 4) is 6.07 Å². The molecule has 0 spiro atoms. The number of hydrogen-bond donors (Lipinski definition) is 0. The fourth-order valence-corrected chi connectivity index (χ4v) is 11.5. The van der Waals surface area contributed by atoms with Crippen molar-refractivity contribution >= 4 is 11.8 Å². The molecule has 0 aromatic rings. The van der Waals surface area contributed by atoms with Gasteiger partial charge in [0.05, 0.1) is 12.0 Å². The van der Waals surface area contributed by atoms with Crippen LogP contribution in [0.25, 0.3) is 0 Å². The predicted molar refractivity (Wildman–Crippen MR) is 156 cm³/mol. The summed E-state index contributed by atoms with van der Waals surface area (Å²) in [7, 11) is 0. The van der Waals surface area contributed by atoms with Crippen LogP contribution in [0, 0.1) is 64.6 Å². The lowest BCUT2D eigenvalue weighted by atomic mass is 9.61. The molecule has 37 heavy (non-hydrogen) atoms. The lowest BCUT2D eigenvalue weighted by Gasteiger charge is -2.44. The highest BCUT2D eigenvalue weighted by molar-refractivity contribution is 8.01. The Morgan fingerprint density at radius 2 is 1.73 bits per heavy atom. The van der Waals surface area contributed by atoms with Crippen molar-refractivity contribution in [2.75, 3.05) is 0 Å². The molecule has 11 unspecified atom stereocenters. The Labute approximate surface area is 229 Å². The SMILES string of the molecule is N#CC1C=CC(C2CC(C3=CC4CCC=CC4C=C3)CC(C3CC=C4C(C3)SC3CCCCC43)C2)CC1. The Kier molecular flexibility index (Phi) is 7.04. The van der Waals surface area contributed by atoms with E-state index in [0.717, 1.165) is 52.4 Å². The molecule has 0 radical (unpaired) electrons. The third-order valence-corrected chi connectivity index (χ3v) is 13.2. The van der Waals surface area contributed by atoms with Gasteiger partial charge in [-0.25, -0.2) is 0 Å². The van der Waals surface area contributed by atoms with E-state index < -0.39 is 0 Å². The van der Waals surface area contributed by atoms with E-state index in [1.54, 1.807) is 5.57 Å². The number of fused-ring (bicyclic) bond motifs is 4. The van der Waals surface area contributed by atoms with Gasteiger partial charge in [-0.05, 0) is 118 Å². The Hall–Kier alpha value is -1.46. The fraction of sp³-hybridized carbons (Fsp3) is 0.686. The van der Waals surface area contributed by atoms with Crippen LogP contribution in [-0.2, 0) is 0 Å². The molecule has 2 saturated carbocycles. The quantitative estimate of drug-likeness (QED) is 0.353. The van der Waals surface area contributed by atoms with Gasteiger partial charge < -0.3 is 0 Å². The monoisotopic (exact) mass is 511 g/mol. The van der Waals surface area contributed by atoms with Crippen LogP contribution in [0.2, 0.25) is 0 Å². The van der Waals surface area contributed by atoms with E-state index >= 15 is 0 Å². The van der Waals surface area contributed by atoms with Gasteiger partial charge in [0.25, 0.3) is 0 Å². The zero-order valence-corrected chi connectivity index (χ0v) is 23.3. The topological polar surface area (TPSA) is 23.8 Å². The molecule has 0 N–H and O–H groups in total. The molecule has 1 aliphatic heterocycles. The summed E-state index contributed by atoms with van der Waals surface area (Å²) in [4.78, 5) is 0. The normalized spacial score (nSPS) is 46.7. The van der Waals surface area contributed by atoms with Crippen molar-refractivity contribution < 1.29 is 0 Å². The van der Waals surface area contributed by atoms with Crippen LogP contribution >= 0.6 is 11.8 Å². The summed E-state index contributed by atoms with van der Waals surface area (Å²) in [6.45, 7) is 0. The van der Waals surface area contributed by atoms with Crippen molar-refractivity contribution in [1.29, 1.82) is 5.26 Å². The summed E-state index contributed by atoms with van der Waals surface area (Å²) in [5.74, 6) is 6.40. The molecule has 3 fully saturated rings. The van der Waals surface area contributed by atoms with Crippen LogP contribution < -0.4 is 0 Å². The Balaban J connectivity index is 1.11. The van der Waals surface area contributed by atoms with Crippen LogP contribution in [0.3, 0.4) is 0 Å². The molecule has 0 bridgehead atoms. The minimum absolute atomic E-state index is 0.150. The Morgan fingerprint density at radius 3 is 2.62 bits per heavy atom. The number of nitrogens with zero attached hydrogens (tertiary/aromatic N) is 1. The second-order valence-electron chi connectivity index (χ2n) is 13.5. The lowest BCUT2D eigenvalue weighted by molar-refractivity contribution is 0.122.